The number of methoxy groups -OCH3 is 1. The molecule has 1 aliphatic carbocycles. The van der Waals surface area contributed by atoms with E-state index < -0.39 is 6.10 Å². The molecule has 1 unspecified atom stereocenters. The van der Waals surface area contributed by atoms with Gasteiger partial charge in [0, 0.05) is 25.1 Å². The third kappa shape index (κ3) is 5.58. The van der Waals surface area contributed by atoms with Crippen LogP contribution in [-0.2, 0) is 22.4 Å². The number of hydrogen-bond acceptors (Lipinski definition) is 5. The van der Waals surface area contributed by atoms with Crippen molar-refractivity contribution in [3.63, 3.8) is 0 Å². The molecule has 6 nitrogen and oxygen atoms in total. The van der Waals surface area contributed by atoms with Crippen LogP contribution in [0.3, 0.4) is 0 Å². The molecule has 0 fully saturated rings. The quantitative estimate of drug-likeness (QED) is 0.586. The first kappa shape index (κ1) is 22.2. The largest absolute Gasteiger partial charge is 0.481 e. The number of aryl methyl sites for hydroxylation is 1. The molecule has 2 aromatic rings. The number of hydrogen-bond donors (Lipinski definition) is 2. The SMILES string of the molecule is COCCCNC(=O)c1c(NC(=O)C(C)Oc2ccc(F)cc2)sc2c1CCCC2. The lowest BCUT2D eigenvalue weighted by Crippen LogP contribution is -2.31. The zero-order valence-corrected chi connectivity index (χ0v) is 18.1. The minimum atomic E-state index is -0.799. The van der Waals surface area contributed by atoms with E-state index in [4.69, 9.17) is 9.47 Å². The molecule has 1 heterocycles. The lowest BCUT2D eigenvalue weighted by atomic mass is 9.95. The monoisotopic (exact) mass is 434 g/mol. The molecule has 0 aliphatic heterocycles. The van der Waals surface area contributed by atoms with Crippen LogP contribution in [0.1, 0.15) is 47.0 Å². The van der Waals surface area contributed by atoms with Crippen LogP contribution in [0.2, 0.25) is 0 Å². The van der Waals surface area contributed by atoms with Crippen LogP contribution in [0.25, 0.3) is 0 Å². The van der Waals surface area contributed by atoms with Crippen LogP contribution in [0.15, 0.2) is 24.3 Å². The van der Waals surface area contributed by atoms with Crippen molar-refractivity contribution in [2.45, 2.75) is 45.1 Å². The van der Waals surface area contributed by atoms with Crippen molar-refractivity contribution in [2.24, 2.45) is 0 Å². The van der Waals surface area contributed by atoms with Gasteiger partial charge in [0.15, 0.2) is 6.10 Å². The van der Waals surface area contributed by atoms with Gasteiger partial charge in [-0.1, -0.05) is 0 Å². The number of carbonyl (C=O) groups is 2. The minimum absolute atomic E-state index is 0.173. The number of carbonyl (C=O) groups excluding carboxylic acids is 2. The van der Waals surface area contributed by atoms with Gasteiger partial charge in [-0.25, -0.2) is 4.39 Å². The summed E-state index contributed by atoms with van der Waals surface area (Å²) in [5, 5.41) is 6.37. The topological polar surface area (TPSA) is 76.7 Å². The first-order chi connectivity index (χ1) is 14.5. The van der Waals surface area contributed by atoms with Gasteiger partial charge in [-0.2, -0.15) is 0 Å². The van der Waals surface area contributed by atoms with E-state index in [0.717, 1.165) is 42.5 Å². The molecule has 1 aliphatic rings. The average Bonchev–Trinajstić information content (AvgIpc) is 3.10. The van der Waals surface area contributed by atoms with Crippen LogP contribution in [0.4, 0.5) is 9.39 Å². The van der Waals surface area contributed by atoms with Gasteiger partial charge in [-0.05, 0) is 68.9 Å². The second-order valence-electron chi connectivity index (χ2n) is 7.22. The molecular formula is C22H27FN2O4S. The first-order valence-electron chi connectivity index (χ1n) is 10.1. The number of halogens is 1. The Labute approximate surface area is 179 Å². The third-order valence-electron chi connectivity index (χ3n) is 4.94. The lowest BCUT2D eigenvalue weighted by Gasteiger charge is -2.15. The Morgan fingerprint density at radius 3 is 2.67 bits per heavy atom. The van der Waals surface area contributed by atoms with Crippen molar-refractivity contribution in [3.8, 4) is 5.75 Å². The fourth-order valence-corrected chi connectivity index (χ4v) is 4.67. The summed E-state index contributed by atoms with van der Waals surface area (Å²) in [6, 6.07) is 5.50. The van der Waals surface area contributed by atoms with Gasteiger partial charge in [0.25, 0.3) is 11.8 Å². The molecule has 0 spiro atoms. The van der Waals surface area contributed by atoms with Crippen molar-refractivity contribution in [3.05, 3.63) is 46.1 Å². The molecule has 1 aromatic carbocycles. The summed E-state index contributed by atoms with van der Waals surface area (Å²) in [5.74, 6) is -0.496. The van der Waals surface area contributed by atoms with Gasteiger partial charge < -0.3 is 20.1 Å². The predicted octanol–water partition coefficient (Wildman–Crippen LogP) is 3.94. The summed E-state index contributed by atoms with van der Waals surface area (Å²) in [6.45, 7) is 2.70. The summed E-state index contributed by atoms with van der Waals surface area (Å²) in [7, 11) is 1.62. The second kappa shape index (κ2) is 10.5. The first-order valence-corrected chi connectivity index (χ1v) is 11.0. The fourth-order valence-electron chi connectivity index (χ4n) is 3.39. The van der Waals surface area contributed by atoms with E-state index in [1.807, 2.05) is 0 Å². The highest BCUT2D eigenvalue weighted by molar-refractivity contribution is 7.17. The fraction of sp³-hybridized carbons (Fsp3) is 0.455. The van der Waals surface area contributed by atoms with Crippen LogP contribution >= 0.6 is 11.3 Å². The second-order valence-corrected chi connectivity index (χ2v) is 8.33. The van der Waals surface area contributed by atoms with Gasteiger partial charge in [0.05, 0.1) is 5.56 Å². The number of thiophene rings is 1. The number of rotatable bonds is 9. The van der Waals surface area contributed by atoms with Crippen LogP contribution in [-0.4, -0.2) is 38.2 Å². The highest BCUT2D eigenvalue weighted by Crippen LogP contribution is 2.38. The van der Waals surface area contributed by atoms with Crippen LogP contribution < -0.4 is 15.4 Å². The van der Waals surface area contributed by atoms with E-state index in [2.05, 4.69) is 10.6 Å². The van der Waals surface area contributed by atoms with E-state index >= 15 is 0 Å². The molecule has 8 heteroatoms. The smallest absolute Gasteiger partial charge is 0.265 e. The number of fused-ring (bicyclic) bond motifs is 1. The maximum Gasteiger partial charge on any atom is 0.265 e. The molecule has 2 N–H and O–H groups in total. The Morgan fingerprint density at radius 2 is 1.93 bits per heavy atom. The van der Waals surface area contributed by atoms with E-state index in [1.54, 1.807) is 14.0 Å². The summed E-state index contributed by atoms with van der Waals surface area (Å²) < 4.78 is 23.7. The van der Waals surface area contributed by atoms with Gasteiger partial charge >= 0.3 is 0 Å². The Balaban J connectivity index is 1.72. The third-order valence-corrected chi connectivity index (χ3v) is 6.15. The van der Waals surface area contributed by atoms with Crippen LogP contribution in [0.5, 0.6) is 5.75 Å². The molecular weight excluding hydrogens is 407 g/mol. The van der Waals surface area contributed by atoms with Crippen LogP contribution in [0, 0.1) is 5.82 Å². The Hall–Kier alpha value is -2.45. The zero-order valence-electron chi connectivity index (χ0n) is 17.3. The Bertz CT molecular complexity index is 882. The van der Waals surface area contributed by atoms with E-state index in [1.165, 1.54) is 35.6 Å². The molecule has 1 aromatic heterocycles. The van der Waals surface area contributed by atoms with Crippen molar-refractivity contribution in [1.29, 1.82) is 0 Å². The predicted molar refractivity (Wildman–Crippen MR) is 115 cm³/mol. The summed E-state index contributed by atoms with van der Waals surface area (Å²) >= 11 is 1.47. The van der Waals surface area contributed by atoms with Crippen molar-refractivity contribution in [2.75, 3.05) is 25.6 Å². The standard InChI is InChI=1S/C22H27FN2O4S/c1-14(29-16-10-8-15(23)9-11-16)20(26)25-22-19(21(27)24-12-5-13-28-2)17-6-3-4-7-18(17)30-22/h8-11,14H,3-7,12-13H2,1-2H3,(H,24,27)(H,25,26). The highest BCUT2D eigenvalue weighted by atomic mass is 32.1. The number of benzene rings is 1. The Kier molecular flexibility index (Phi) is 7.81. The molecule has 0 saturated carbocycles. The van der Waals surface area contributed by atoms with Gasteiger partial charge in [0.1, 0.15) is 16.6 Å². The lowest BCUT2D eigenvalue weighted by molar-refractivity contribution is -0.122. The van der Waals surface area contributed by atoms with Crippen molar-refractivity contribution in [1.82, 2.24) is 5.32 Å². The molecule has 0 radical (unpaired) electrons. The molecule has 0 bridgehead atoms. The number of amides is 2. The van der Waals surface area contributed by atoms with Gasteiger partial charge in [-0.15, -0.1) is 11.3 Å². The van der Waals surface area contributed by atoms with Gasteiger partial charge in [0.2, 0.25) is 0 Å². The summed E-state index contributed by atoms with van der Waals surface area (Å²) in [5.41, 5.74) is 1.60. The van der Waals surface area contributed by atoms with Crippen molar-refractivity contribution >= 4 is 28.2 Å². The average molecular weight is 435 g/mol. The summed E-state index contributed by atoms with van der Waals surface area (Å²) in [4.78, 5) is 26.7. The zero-order chi connectivity index (χ0) is 21.5. The van der Waals surface area contributed by atoms with Crippen molar-refractivity contribution < 1.29 is 23.5 Å². The molecule has 3 rings (SSSR count). The molecule has 1 atom stereocenters. The van der Waals surface area contributed by atoms with E-state index in [-0.39, 0.29) is 17.6 Å². The maximum atomic E-state index is 13.1. The molecule has 0 saturated heterocycles. The number of nitrogens with one attached hydrogen (secondary N) is 2. The Morgan fingerprint density at radius 1 is 1.20 bits per heavy atom. The van der Waals surface area contributed by atoms with Gasteiger partial charge in [-0.3, -0.25) is 9.59 Å². The normalized spacial score (nSPS) is 14.0. The minimum Gasteiger partial charge on any atom is -0.481 e. The molecule has 2 amide bonds. The number of ether oxygens (including phenoxy) is 2. The molecule has 162 valence electrons. The maximum absolute atomic E-state index is 13.1. The summed E-state index contributed by atoms with van der Waals surface area (Å²) in [6.07, 6.45) is 3.79. The van der Waals surface area contributed by atoms with E-state index in [0.29, 0.717) is 29.5 Å². The highest BCUT2D eigenvalue weighted by Gasteiger charge is 2.27. The number of anilines is 1. The van der Waals surface area contributed by atoms with E-state index in [9.17, 15) is 14.0 Å². The molecule has 30 heavy (non-hydrogen) atoms.